The molecule has 0 aromatic carbocycles. The van der Waals surface area contributed by atoms with Crippen molar-refractivity contribution in [2.45, 2.75) is 84.1 Å². The predicted molar refractivity (Wildman–Crippen MR) is 106 cm³/mol. The number of nitrogens with zero attached hydrogens (tertiary/aromatic N) is 3. The molecule has 0 aliphatic carbocycles. The van der Waals surface area contributed by atoms with Crippen LogP contribution >= 0.6 is 7.87 Å². The molecule has 3 saturated heterocycles. The van der Waals surface area contributed by atoms with E-state index in [1.165, 1.54) is 97.1 Å². The van der Waals surface area contributed by atoms with Gasteiger partial charge in [-0.2, -0.15) is 0 Å². The lowest BCUT2D eigenvalue weighted by Crippen LogP contribution is -2.58. The van der Waals surface area contributed by atoms with Crippen molar-refractivity contribution in [3.63, 3.8) is 0 Å². The molecule has 0 radical (unpaired) electrons. The molecule has 4 nitrogen and oxygen atoms in total. The molecule has 0 amide bonds. The first-order valence-corrected chi connectivity index (χ1v) is 12.1. The standard InChI is InChI=1S/C19H40N4P/c1-19(2,3)20-24(21-13-7-4-8-14-21,22-15-9-5-10-16-22)23-17-11-6-12-18-23/h20H,4-18H2,1-3H3/q+1. The van der Waals surface area contributed by atoms with Crippen molar-refractivity contribution in [2.75, 3.05) is 39.3 Å². The highest BCUT2D eigenvalue weighted by molar-refractivity contribution is 7.67. The molecule has 3 aliphatic rings. The van der Waals surface area contributed by atoms with Crippen LogP contribution in [0.15, 0.2) is 0 Å². The predicted octanol–water partition coefficient (Wildman–Crippen LogP) is 4.51. The molecule has 3 rings (SSSR count). The van der Waals surface area contributed by atoms with E-state index in [0.717, 1.165) is 0 Å². The quantitative estimate of drug-likeness (QED) is 0.749. The third kappa shape index (κ3) is 4.32. The fourth-order valence-corrected chi connectivity index (χ4v) is 9.59. The maximum absolute atomic E-state index is 4.27. The molecular formula is C19H40N4P+. The van der Waals surface area contributed by atoms with Crippen molar-refractivity contribution in [3.8, 4) is 0 Å². The van der Waals surface area contributed by atoms with Crippen molar-refractivity contribution in [3.05, 3.63) is 0 Å². The molecule has 0 spiro atoms. The Morgan fingerprint density at radius 2 is 0.833 bits per heavy atom. The monoisotopic (exact) mass is 355 g/mol. The van der Waals surface area contributed by atoms with Crippen molar-refractivity contribution < 1.29 is 0 Å². The summed E-state index contributed by atoms with van der Waals surface area (Å²) in [5, 5.41) is 4.27. The van der Waals surface area contributed by atoms with Crippen LogP contribution in [0, 0.1) is 0 Å². The number of rotatable bonds is 4. The van der Waals surface area contributed by atoms with Crippen LogP contribution < -0.4 is 5.09 Å². The fourth-order valence-electron chi connectivity index (χ4n) is 4.67. The van der Waals surface area contributed by atoms with E-state index in [1.807, 2.05) is 0 Å². The Hall–Kier alpha value is 0.270. The molecule has 0 aromatic heterocycles. The normalized spacial score (nSPS) is 26.6. The zero-order valence-corrected chi connectivity index (χ0v) is 17.3. The van der Waals surface area contributed by atoms with Crippen LogP contribution in [0.1, 0.15) is 78.6 Å². The van der Waals surface area contributed by atoms with Gasteiger partial charge in [0.15, 0.2) is 0 Å². The Kier molecular flexibility index (Phi) is 6.59. The van der Waals surface area contributed by atoms with Gasteiger partial charge in [0.25, 0.3) is 0 Å². The van der Waals surface area contributed by atoms with Gasteiger partial charge >= 0.3 is 7.87 Å². The second-order valence-electron chi connectivity index (χ2n) is 8.97. The van der Waals surface area contributed by atoms with Gasteiger partial charge in [-0.05, 0) is 59.3 Å². The summed E-state index contributed by atoms with van der Waals surface area (Å²) < 4.78 is 8.75. The fraction of sp³-hybridized carbons (Fsp3) is 1.00. The Morgan fingerprint density at radius 1 is 0.542 bits per heavy atom. The molecule has 0 aromatic rings. The number of piperidine rings is 3. The number of hydrogen-bond donors (Lipinski definition) is 1. The van der Waals surface area contributed by atoms with Crippen LogP contribution in [-0.2, 0) is 0 Å². The SMILES string of the molecule is CC(C)(C)N[P+](N1CCCCC1)(N1CCCCC1)N1CCCCC1. The number of nitrogens with one attached hydrogen (secondary N) is 1. The topological polar surface area (TPSA) is 21.8 Å². The minimum absolute atomic E-state index is 0.167. The smallest absolute Gasteiger partial charge is 0.140 e. The zero-order valence-electron chi connectivity index (χ0n) is 16.4. The van der Waals surface area contributed by atoms with Gasteiger partial charge in [-0.15, -0.1) is 19.1 Å². The van der Waals surface area contributed by atoms with Crippen LogP contribution in [0.4, 0.5) is 0 Å². The largest absolute Gasteiger partial charge is 0.306 e. The lowest BCUT2D eigenvalue weighted by Gasteiger charge is -2.51. The summed E-state index contributed by atoms with van der Waals surface area (Å²) in [5.74, 6) is 0. The van der Waals surface area contributed by atoms with E-state index in [4.69, 9.17) is 0 Å². The maximum atomic E-state index is 4.27. The van der Waals surface area contributed by atoms with Crippen LogP contribution in [-0.4, -0.2) is 58.8 Å². The first-order valence-electron chi connectivity index (χ1n) is 10.5. The second kappa shape index (κ2) is 8.31. The van der Waals surface area contributed by atoms with Gasteiger partial charge in [0.2, 0.25) is 0 Å². The molecule has 5 heteroatoms. The van der Waals surface area contributed by atoms with Gasteiger partial charge in [-0.3, -0.25) is 0 Å². The molecule has 0 saturated carbocycles. The average molecular weight is 356 g/mol. The zero-order chi connectivity index (χ0) is 17.0. The Bertz CT molecular complexity index is 332. The first kappa shape index (κ1) is 19.0. The molecule has 140 valence electrons. The van der Waals surface area contributed by atoms with E-state index in [1.54, 1.807) is 0 Å². The van der Waals surface area contributed by atoms with Crippen LogP contribution in [0.3, 0.4) is 0 Å². The van der Waals surface area contributed by atoms with Gasteiger partial charge in [-0.25, -0.2) is 0 Å². The van der Waals surface area contributed by atoms with E-state index in [2.05, 4.69) is 39.9 Å². The summed E-state index contributed by atoms with van der Waals surface area (Å²) in [7, 11) is -1.59. The minimum atomic E-state index is -1.59. The van der Waals surface area contributed by atoms with Gasteiger partial charge in [0, 0.05) is 44.8 Å². The summed E-state index contributed by atoms with van der Waals surface area (Å²) in [6.45, 7) is 14.9. The lowest BCUT2D eigenvalue weighted by atomic mass is 10.1. The highest BCUT2D eigenvalue weighted by Crippen LogP contribution is 2.67. The van der Waals surface area contributed by atoms with Crippen molar-refractivity contribution in [2.24, 2.45) is 0 Å². The van der Waals surface area contributed by atoms with E-state index in [-0.39, 0.29) is 5.54 Å². The average Bonchev–Trinajstić information content (AvgIpc) is 2.61. The molecule has 0 atom stereocenters. The third-order valence-electron chi connectivity index (χ3n) is 5.67. The van der Waals surface area contributed by atoms with Crippen LogP contribution in [0.25, 0.3) is 0 Å². The van der Waals surface area contributed by atoms with Crippen LogP contribution in [0.5, 0.6) is 0 Å². The van der Waals surface area contributed by atoms with Gasteiger partial charge in [-0.1, -0.05) is 19.3 Å². The third-order valence-corrected chi connectivity index (χ3v) is 10.2. The van der Waals surface area contributed by atoms with E-state index in [0.29, 0.717) is 0 Å². The number of hydrogen-bond acceptors (Lipinski definition) is 4. The first-order chi connectivity index (χ1) is 11.5. The van der Waals surface area contributed by atoms with Gasteiger partial charge in [0.1, 0.15) is 0 Å². The summed E-state index contributed by atoms with van der Waals surface area (Å²) in [6.07, 6.45) is 12.6. The molecule has 3 heterocycles. The maximum Gasteiger partial charge on any atom is 0.306 e. The molecule has 0 bridgehead atoms. The summed E-state index contributed by atoms with van der Waals surface area (Å²) in [4.78, 5) is 0. The Morgan fingerprint density at radius 3 is 1.08 bits per heavy atom. The highest BCUT2D eigenvalue weighted by atomic mass is 31.2. The molecule has 3 fully saturated rings. The summed E-state index contributed by atoms with van der Waals surface area (Å²) >= 11 is 0. The second-order valence-corrected chi connectivity index (χ2v) is 12.0. The summed E-state index contributed by atoms with van der Waals surface area (Å²) in [6, 6.07) is 0. The van der Waals surface area contributed by atoms with Crippen molar-refractivity contribution >= 4 is 7.87 Å². The Labute approximate surface area is 150 Å². The molecule has 24 heavy (non-hydrogen) atoms. The molecular weight excluding hydrogens is 315 g/mol. The highest BCUT2D eigenvalue weighted by Gasteiger charge is 2.58. The summed E-state index contributed by atoms with van der Waals surface area (Å²) in [5.41, 5.74) is 0.167. The van der Waals surface area contributed by atoms with Gasteiger partial charge in [0.05, 0.1) is 0 Å². The minimum Gasteiger partial charge on any atom is -0.140 e. The van der Waals surface area contributed by atoms with E-state index < -0.39 is 7.87 Å². The molecule has 1 N–H and O–H groups in total. The lowest BCUT2D eigenvalue weighted by molar-refractivity contribution is 0.223. The van der Waals surface area contributed by atoms with E-state index >= 15 is 0 Å². The van der Waals surface area contributed by atoms with Gasteiger partial charge < -0.3 is 0 Å². The Balaban J connectivity index is 1.95. The molecule has 0 unspecified atom stereocenters. The van der Waals surface area contributed by atoms with Crippen molar-refractivity contribution in [1.82, 2.24) is 19.1 Å². The molecule has 3 aliphatic heterocycles. The van der Waals surface area contributed by atoms with E-state index in [9.17, 15) is 0 Å². The van der Waals surface area contributed by atoms with Crippen LogP contribution in [0.2, 0.25) is 0 Å². The van der Waals surface area contributed by atoms with Crippen molar-refractivity contribution in [1.29, 1.82) is 0 Å².